The Morgan fingerprint density at radius 3 is 2.79 bits per heavy atom. The predicted molar refractivity (Wildman–Crippen MR) is 80.2 cm³/mol. The smallest absolute Gasteiger partial charge is 0.137 e. The van der Waals surface area contributed by atoms with Crippen molar-refractivity contribution in [3.63, 3.8) is 0 Å². The number of nitrogens with zero attached hydrogens (tertiary/aromatic N) is 1. The van der Waals surface area contributed by atoms with Crippen molar-refractivity contribution in [2.24, 2.45) is 17.3 Å². The Bertz CT molecular complexity index is 310. The molecule has 2 fully saturated rings. The highest BCUT2D eigenvalue weighted by molar-refractivity contribution is 5.81. The van der Waals surface area contributed by atoms with Crippen LogP contribution in [0.2, 0.25) is 0 Å². The molecule has 19 heavy (non-hydrogen) atoms. The maximum absolute atomic E-state index is 12.1. The van der Waals surface area contributed by atoms with Gasteiger partial charge in [0.15, 0.2) is 0 Å². The number of hydrogen-bond acceptors (Lipinski definition) is 2. The zero-order valence-electron chi connectivity index (χ0n) is 13.1. The van der Waals surface area contributed by atoms with Gasteiger partial charge in [0.05, 0.1) is 0 Å². The second-order valence-electron chi connectivity index (χ2n) is 7.53. The van der Waals surface area contributed by atoms with Gasteiger partial charge in [-0.15, -0.1) is 0 Å². The van der Waals surface area contributed by atoms with Gasteiger partial charge in [-0.25, -0.2) is 0 Å². The van der Waals surface area contributed by atoms with E-state index in [0.717, 1.165) is 31.7 Å². The van der Waals surface area contributed by atoms with E-state index >= 15 is 0 Å². The number of likely N-dealkylation sites (tertiary alicyclic amines) is 1. The first-order valence-electron chi connectivity index (χ1n) is 8.25. The van der Waals surface area contributed by atoms with Crippen LogP contribution in [0.5, 0.6) is 0 Å². The zero-order valence-corrected chi connectivity index (χ0v) is 13.1. The molecule has 2 unspecified atom stereocenters. The van der Waals surface area contributed by atoms with Crippen molar-refractivity contribution in [3.8, 4) is 0 Å². The summed E-state index contributed by atoms with van der Waals surface area (Å²) >= 11 is 0. The highest BCUT2D eigenvalue weighted by atomic mass is 16.1. The van der Waals surface area contributed by atoms with Gasteiger partial charge in [0.1, 0.15) is 5.78 Å². The van der Waals surface area contributed by atoms with Gasteiger partial charge in [-0.1, -0.05) is 27.2 Å². The van der Waals surface area contributed by atoms with Gasteiger partial charge in [-0.05, 0) is 56.5 Å². The lowest BCUT2D eigenvalue weighted by Crippen LogP contribution is -2.37. The molecule has 0 aromatic carbocycles. The number of ketones is 1. The van der Waals surface area contributed by atoms with E-state index in [4.69, 9.17) is 0 Å². The van der Waals surface area contributed by atoms with Crippen LogP contribution in [0.15, 0.2) is 0 Å². The van der Waals surface area contributed by atoms with Crippen molar-refractivity contribution >= 4 is 5.78 Å². The topological polar surface area (TPSA) is 20.3 Å². The second-order valence-corrected chi connectivity index (χ2v) is 7.53. The summed E-state index contributed by atoms with van der Waals surface area (Å²) in [5.41, 5.74) is 0.497. The fourth-order valence-corrected chi connectivity index (χ4v) is 3.72. The monoisotopic (exact) mass is 265 g/mol. The van der Waals surface area contributed by atoms with Crippen molar-refractivity contribution < 1.29 is 4.79 Å². The Labute approximate surface area is 118 Å². The van der Waals surface area contributed by atoms with Gasteiger partial charge in [0.25, 0.3) is 0 Å². The zero-order chi connectivity index (χ0) is 13.9. The van der Waals surface area contributed by atoms with E-state index in [-0.39, 0.29) is 0 Å². The van der Waals surface area contributed by atoms with E-state index in [1.54, 1.807) is 0 Å². The highest BCUT2D eigenvalue weighted by Crippen LogP contribution is 2.32. The highest BCUT2D eigenvalue weighted by Gasteiger charge is 2.30. The first-order valence-corrected chi connectivity index (χ1v) is 8.25. The summed E-state index contributed by atoms with van der Waals surface area (Å²) in [4.78, 5) is 14.7. The van der Waals surface area contributed by atoms with Crippen LogP contribution in [0, 0.1) is 17.3 Å². The first kappa shape index (κ1) is 15.0. The van der Waals surface area contributed by atoms with Crippen molar-refractivity contribution in [1.82, 2.24) is 4.90 Å². The molecule has 0 bridgehead atoms. The van der Waals surface area contributed by atoms with Crippen LogP contribution in [0.1, 0.15) is 65.7 Å². The number of carbonyl (C=O) groups excluding carboxylic acids is 1. The molecule has 2 aliphatic rings. The summed E-state index contributed by atoms with van der Waals surface area (Å²) in [6.07, 6.45) is 8.28. The van der Waals surface area contributed by atoms with Gasteiger partial charge in [-0.2, -0.15) is 0 Å². The summed E-state index contributed by atoms with van der Waals surface area (Å²) in [6.45, 7) is 10.5. The van der Waals surface area contributed by atoms with Crippen molar-refractivity contribution in [2.45, 2.75) is 65.7 Å². The van der Waals surface area contributed by atoms with E-state index in [9.17, 15) is 4.79 Å². The fourth-order valence-electron chi connectivity index (χ4n) is 3.72. The maximum Gasteiger partial charge on any atom is 0.137 e. The third-order valence-corrected chi connectivity index (χ3v) is 5.36. The number of rotatable bonds is 3. The van der Waals surface area contributed by atoms with Gasteiger partial charge in [-0.3, -0.25) is 4.79 Å². The molecule has 0 spiro atoms. The second kappa shape index (κ2) is 6.39. The van der Waals surface area contributed by atoms with E-state index < -0.39 is 0 Å². The van der Waals surface area contributed by atoms with E-state index in [0.29, 0.717) is 17.1 Å². The Hall–Kier alpha value is -0.370. The number of carbonyl (C=O) groups is 1. The largest absolute Gasteiger partial charge is 0.303 e. The molecule has 0 N–H and O–H groups in total. The standard InChI is InChI=1S/C17H31NO/c1-4-14-6-7-16(19)15(12-14)13-18-10-5-8-17(2,3)9-11-18/h14-15H,4-13H2,1-3H3. The van der Waals surface area contributed by atoms with Gasteiger partial charge < -0.3 is 4.90 Å². The lowest BCUT2D eigenvalue weighted by molar-refractivity contribution is -0.126. The van der Waals surface area contributed by atoms with E-state index in [2.05, 4.69) is 25.7 Å². The molecule has 2 heteroatoms. The Morgan fingerprint density at radius 2 is 2.05 bits per heavy atom. The molecule has 1 saturated heterocycles. The molecular formula is C17H31NO. The molecule has 0 aromatic heterocycles. The molecular weight excluding hydrogens is 234 g/mol. The predicted octanol–water partition coefficient (Wildman–Crippen LogP) is 3.89. The lowest BCUT2D eigenvalue weighted by atomic mass is 9.79. The SMILES string of the molecule is CCC1CCC(=O)C(CN2CCCC(C)(C)CC2)C1. The fraction of sp³-hybridized carbons (Fsp3) is 0.941. The molecule has 1 aliphatic carbocycles. The van der Waals surface area contributed by atoms with E-state index in [1.165, 1.54) is 38.8 Å². The van der Waals surface area contributed by atoms with Gasteiger partial charge >= 0.3 is 0 Å². The Kier molecular flexibility index (Phi) is 5.05. The molecule has 0 amide bonds. The molecule has 1 aliphatic heterocycles. The molecule has 1 saturated carbocycles. The van der Waals surface area contributed by atoms with Crippen LogP contribution < -0.4 is 0 Å². The molecule has 2 rings (SSSR count). The third kappa shape index (κ3) is 4.30. The van der Waals surface area contributed by atoms with Crippen LogP contribution in [0.25, 0.3) is 0 Å². The quantitative estimate of drug-likeness (QED) is 0.771. The molecule has 0 radical (unpaired) electrons. The summed E-state index contributed by atoms with van der Waals surface area (Å²) in [7, 11) is 0. The van der Waals surface area contributed by atoms with Crippen molar-refractivity contribution in [3.05, 3.63) is 0 Å². The van der Waals surface area contributed by atoms with Crippen LogP contribution in [-0.4, -0.2) is 30.3 Å². The molecule has 110 valence electrons. The van der Waals surface area contributed by atoms with Crippen LogP contribution in [0.4, 0.5) is 0 Å². The molecule has 0 aromatic rings. The Balaban J connectivity index is 1.87. The minimum absolute atomic E-state index is 0.333. The van der Waals surface area contributed by atoms with Crippen LogP contribution in [0.3, 0.4) is 0 Å². The summed E-state index contributed by atoms with van der Waals surface area (Å²) in [5.74, 6) is 1.67. The van der Waals surface area contributed by atoms with Gasteiger partial charge in [0.2, 0.25) is 0 Å². The summed E-state index contributed by atoms with van der Waals surface area (Å²) in [6, 6.07) is 0. The van der Waals surface area contributed by atoms with Crippen molar-refractivity contribution in [2.75, 3.05) is 19.6 Å². The van der Waals surface area contributed by atoms with Crippen LogP contribution in [-0.2, 0) is 4.79 Å². The van der Waals surface area contributed by atoms with Crippen LogP contribution >= 0.6 is 0 Å². The van der Waals surface area contributed by atoms with Crippen molar-refractivity contribution in [1.29, 1.82) is 0 Å². The average Bonchev–Trinajstić information content (AvgIpc) is 2.54. The maximum atomic E-state index is 12.1. The van der Waals surface area contributed by atoms with Gasteiger partial charge in [0, 0.05) is 18.9 Å². The Morgan fingerprint density at radius 1 is 1.26 bits per heavy atom. The number of hydrogen-bond donors (Lipinski definition) is 0. The molecule has 2 atom stereocenters. The summed E-state index contributed by atoms with van der Waals surface area (Å²) < 4.78 is 0. The molecule has 2 nitrogen and oxygen atoms in total. The normalized spacial score (nSPS) is 33.1. The van der Waals surface area contributed by atoms with E-state index in [1.807, 2.05) is 0 Å². The average molecular weight is 265 g/mol. The lowest BCUT2D eigenvalue weighted by Gasteiger charge is -2.32. The third-order valence-electron chi connectivity index (χ3n) is 5.36. The minimum atomic E-state index is 0.333. The summed E-state index contributed by atoms with van der Waals surface area (Å²) in [5, 5.41) is 0. The minimum Gasteiger partial charge on any atom is -0.303 e. The number of Topliss-reactive ketones (excluding diaryl/α,β-unsaturated/α-hetero) is 1. The molecule has 1 heterocycles. The first-order chi connectivity index (χ1) is 9.00.